The van der Waals surface area contributed by atoms with Crippen LogP contribution in [-0.4, -0.2) is 11.2 Å². The summed E-state index contributed by atoms with van der Waals surface area (Å²) in [4.78, 5) is 19.8. The summed E-state index contributed by atoms with van der Waals surface area (Å²) >= 11 is 5.48. The van der Waals surface area contributed by atoms with Crippen LogP contribution in [0.4, 0.5) is 5.69 Å². The summed E-state index contributed by atoms with van der Waals surface area (Å²) < 4.78 is 0. The smallest absolute Gasteiger partial charge is 0.285 e. The van der Waals surface area contributed by atoms with Crippen molar-refractivity contribution < 1.29 is 9.72 Å². The normalized spacial score (nSPS) is 9.42. The third kappa shape index (κ3) is 1.43. The van der Waals surface area contributed by atoms with Crippen molar-refractivity contribution in [3.63, 3.8) is 0 Å². The van der Waals surface area contributed by atoms with Crippen LogP contribution < -0.4 is 0 Å². The van der Waals surface area contributed by atoms with E-state index in [0.29, 0.717) is 0 Å². The summed E-state index contributed by atoms with van der Waals surface area (Å²) in [6, 6.07) is 4.09. The van der Waals surface area contributed by atoms with Crippen LogP contribution in [0, 0.1) is 10.1 Å². The van der Waals surface area contributed by atoms with Crippen molar-refractivity contribution in [2.24, 2.45) is 0 Å². The molecule has 0 heterocycles. The summed E-state index contributed by atoms with van der Waals surface area (Å²) in [7, 11) is 0. The van der Waals surface area contributed by atoms with Gasteiger partial charge >= 0.3 is 0 Å². The fourth-order valence-electron chi connectivity index (χ4n) is 0.783. The van der Waals surface area contributed by atoms with Crippen molar-refractivity contribution in [1.82, 2.24) is 0 Å². The first-order valence-electron chi connectivity index (χ1n) is 2.98. The molecule has 0 amide bonds. The molecule has 0 saturated carbocycles. The molecule has 0 atom stereocenters. The zero-order valence-electron chi connectivity index (χ0n) is 5.78. The van der Waals surface area contributed by atoms with Crippen molar-refractivity contribution in [3.8, 4) is 0 Å². The molecule has 12 heavy (non-hydrogen) atoms. The first kappa shape index (κ1) is 8.67. The zero-order valence-corrected chi connectivity index (χ0v) is 6.54. The molecular formula is C7H3ClNO3. The van der Waals surface area contributed by atoms with Gasteiger partial charge in [0, 0.05) is 0 Å². The van der Waals surface area contributed by atoms with E-state index in [0.717, 1.165) is 0 Å². The predicted molar refractivity (Wildman–Crippen MR) is 42.9 cm³/mol. The molecule has 0 aliphatic heterocycles. The van der Waals surface area contributed by atoms with E-state index >= 15 is 0 Å². The second-order valence-electron chi connectivity index (χ2n) is 2.00. The van der Waals surface area contributed by atoms with Crippen LogP contribution >= 0.6 is 11.6 Å². The van der Waals surface area contributed by atoms with Gasteiger partial charge < -0.3 is 0 Å². The van der Waals surface area contributed by atoms with E-state index in [4.69, 9.17) is 11.6 Å². The number of para-hydroxylation sites is 1. The van der Waals surface area contributed by atoms with Gasteiger partial charge in [0.05, 0.1) is 4.92 Å². The monoisotopic (exact) mass is 184 g/mol. The molecule has 0 bridgehead atoms. The summed E-state index contributed by atoms with van der Waals surface area (Å²) in [5, 5.41) is 10.3. The lowest BCUT2D eigenvalue weighted by Crippen LogP contribution is -1.94. The Morgan fingerprint density at radius 1 is 1.50 bits per heavy atom. The van der Waals surface area contributed by atoms with Gasteiger partial charge in [-0.3, -0.25) is 14.9 Å². The standard InChI is InChI=1S/C7H3ClNO3/c8-6-3-1-2-5(4-10)7(6)9(11)12/h1-3H. The van der Waals surface area contributed by atoms with Crippen LogP contribution in [0.1, 0.15) is 5.56 Å². The number of rotatable bonds is 2. The van der Waals surface area contributed by atoms with Crippen LogP contribution in [0.3, 0.4) is 0 Å². The van der Waals surface area contributed by atoms with E-state index in [1.807, 2.05) is 0 Å². The van der Waals surface area contributed by atoms with E-state index in [1.165, 1.54) is 24.5 Å². The maximum Gasteiger partial charge on any atom is 0.299 e. The first-order valence-corrected chi connectivity index (χ1v) is 3.35. The average Bonchev–Trinajstić information content (AvgIpc) is 2.03. The minimum Gasteiger partial charge on any atom is -0.285 e. The summed E-state index contributed by atoms with van der Waals surface area (Å²) in [6.07, 6.45) is 1.44. The first-order chi connectivity index (χ1) is 5.66. The molecule has 0 spiro atoms. The number of carbonyl (C=O) groups excluding carboxylic acids is 1. The number of halogens is 1. The van der Waals surface area contributed by atoms with Gasteiger partial charge in [-0.2, -0.15) is 0 Å². The summed E-state index contributed by atoms with van der Waals surface area (Å²) in [5.41, 5.74) is -0.526. The highest BCUT2D eigenvalue weighted by molar-refractivity contribution is 6.33. The van der Waals surface area contributed by atoms with E-state index in [1.54, 1.807) is 0 Å². The van der Waals surface area contributed by atoms with Crippen LogP contribution in [0.2, 0.25) is 5.02 Å². The maximum absolute atomic E-state index is 10.3. The molecule has 1 radical (unpaired) electrons. The van der Waals surface area contributed by atoms with Gasteiger partial charge in [0.1, 0.15) is 10.6 Å². The van der Waals surface area contributed by atoms with Crippen molar-refractivity contribution in [2.45, 2.75) is 0 Å². The summed E-state index contributed by atoms with van der Waals surface area (Å²) in [6.45, 7) is 0. The van der Waals surface area contributed by atoms with Gasteiger partial charge in [0.2, 0.25) is 6.29 Å². The molecule has 0 fully saturated rings. The number of hydrogen-bond acceptors (Lipinski definition) is 3. The summed E-state index contributed by atoms with van der Waals surface area (Å²) in [5.74, 6) is 0. The molecule has 0 aliphatic rings. The lowest BCUT2D eigenvalue weighted by atomic mass is 10.2. The van der Waals surface area contributed by atoms with Crippen molar-refractivity contribution in [3.05, 3.63) is 38.9 Å². The average molecular weight is 185 g/mol. The van der Waals surface area contributed by atoms with Crippen LogP contribution in [0.5, 0.6) is 0 Å². The largest absolute Gasteiger partial charge is 0.299 e. The Labute approximate surface area is 72.9 Å². The second kappa shape index (κ2) is 3.32. The molecular weight excluding hydrogens is 182 g/mol. The lowest BCUT2D eigenvalue weighted by molar-refractivity contribution is -0.384. The highest BCUT2D eigenvalue weighted by atomic mass is 35.5. The van der Waals surface area contributed by atoms with E-state index in [2.05, 4.69) is 0 Å². The van der Waals surface area contributed by atoms with Gasteiger partial charge in [0.15, 0.2) is 0 Å². The van der Waals surface area contributed by atoms with E-state index in [9.17, 15) is 14.9 Å². The maximum atomic E-state index is 10.3. The molecule has 1 aromatic carbocycles. The Morgan fingerprint density at radius 2 is 2.17 bits per heavy atom. The van der Waals surface area contributed by atoms with Crippen molar-refractivity contribution in [2.75, 3.05) is 0 Å². The highest BCUT2D eigenvalue weighted by Gasteiger charge is 2.17. The second-order valence-corrected chi connectivity index (χ2v) is 2.40. The Balaban J connectivity index is 3.39. The van der Waals surface area contributed by atoms with Gasteiger partial charge in [-0.1, -0.05) is 17.7 Å². The quantitative estimate of drug-likeness (QED) is 0.519. The van der Waals surface area contributed by atoms with Gasteiger partial charge in [-0.15, -0.1) is 0 Å². The molecule has 4 nitrogen and oxygen atoms in total. The number of nitrogens with zero attached hydrogens (tertiary/aromatic N) is 1. The molecule has 0 N–H and O–H groups in total. The molecule has 0 saturated heterocycles. The molecule has 1 aromatic rings. The number of hydrogen-bond donors (Lipinski definition) is 0. The molecule has 1 rings (SSSR count). The third-order valence-corrected chi connectivity index (χ3v) is 1.58. The van der Waals surface area contributed by atoms with E-state index in [-0.39, 0.29) is 10.6 Å². The van der Waals surface area contributed by atoms with Crippen LogP contribution in [0.25, 0.3) is 0 Å². The fraction of sp³-hybridized carbons (Fsp3) is 0. The molecule has 0 aliphatic carbocycles. The molecule has 0 unspecified atom stereocenters. The minimum atomic E-state index is -0.706. The SMILES string of the molecule is O=[C]c1cccc(Cl)c1[N+](=O)[O-]. The Hall–Kier alpha value is -1.42. The highest BCUT2D eigenvalue weighted by Crippen LogP contribution is 2.26. The van der Waals surface area contributed by atoms with Crippen LogP contribution in [0.15, 0.2) is 18.2 Å². The Morgan fingerprint density at radius 3 is 2.58 bits per heavy atom. The minimum absolute atomic E-state index is 0.0548. The number of nitro benzene ring substituents is 1. The lowest BCUT2D eigenvalue weighted by Gasteiger charge is -1.95. The number of nitro groups is 1. The van der Waals surface area contributed by atoms with Gasteiger partial charge in [-0.25, -0.2) is 0 Å². The van der Waals surface area contributed by atoms with Crippen molar-refractivity contribution in [1.29, 1.82) is 0 Å². The molecule has 5 heteroatoms. The fourth-order valence-corrected chi connectivity index (χ4v) is 1.03. The molecule has 0 aromatic heterocycles. The van der Waals surface area contributed by atoms with Crippen molar-refractivity contribution >= 4 is 23.6 Å². The molecule has 61 valence electrons. The number of benzene rings is 1. The van der Waals surface area contributed by atoms with Gasteiger partial charge in [-0.05, 0) is 12.1 Å². The van der Waals surface area contributed by atoms with Crippen LogP contribution in [-0.2, 0) is 4.79 Å². The Kier molecular flexibility index (Phi) is 2.40. The predicted octanol–water partition coefficient (Wildman–Crippen LogP) is 1.71. The Bertz CT molecular complexity index is 337. The van der Waals surface area contributed by atoms with Gasteiger partial charge in [0.25, 0.3) is 5.69 Å². The third-order valence-electron chi connectivity index (χ3n) is 1.28. The van der Waals surface area contributed by atoms with E-state index < -0.39 is 10.6 Å². The zero-order chi connectivity index (χ0) is 9.14. The topological polar surface area (TPSA) is 60.2 Å².